The Hall–Kier alpha value is -2.71. The Kier molecular flexibility index (Phi) is 5.73. The molecule has 32 heavy (non-hydrogen) atoms. The molecular weight excluding hydrogens is 422 g/mol. The molecule has 0 amide bonds. The van der Waals surface area contributed by atoms with Crippen LogP contribution in [0.4, 0.5) is 11.8 Å². The van der Waals surface area contributed by atoms with Crippen LogP contribution < -0.4 is 14.9 Å². The predicted molar refractivity (Wildman–Crippen MR) is 126 cm³/mol. The summed E-state index contributed by atoms with van der Waals surface area (Å²) in [5.41, 5.74) is 3.58. The lowest BCUT2D eigenvalue weighted by molar-refractivity contribution is 0.559. The van der Waals surface area contributed by atoms with Gasteiger partial charge in [0.15, 0.2) is 0 Å². The van der Waals surface area contributed by atoms with E-state index in [2.05, 4.69) is 51.1 Å². The lowest BCUT2D eigenvalue weighted by atomic mass is 10.0. The molecule has 1 saturated carbocycles. The van der Waals surface area contributed by atoms with Crippen molar-refractivity contribution in [1.82, 2.24) is 14.7 Å². The molecule has 1 unspecified atom stereocenters. The summed E-state index contributed by atoms with van der Waals surface area (Å²) in [6.07, 6.45) is 8.85. The molecule has 0 bridgehead atoms. The van der Waals surface area contributed by atoms with Crippen molar-refractivity contribution in [3.8, 4) is 0 Å². The van der Waals surface area contributed by atoms with Gasteiger partial charge in [-0.05, 0) is 66.9 Å². The van der Waals surface area contributed by atoms with Gasteiger partial charge in [0.05, 0.1) is 4.91 Å². The van der Waals surface area contributed by atoms with E-state index < -0.39 is 10.0 Å². The van der Waals surface area contributed by atoms with E-state index in [1.807, 2.05) is 12.1 Å². The summed E-state index contributed by atoms with van der Waals surface area (Å²) in [4.78, 5) is 11.8. The molecule has 0 spiro atoms. The van der Waals surface area contributed by atoms with E-state index in [0.29, 0.717) is 29.7 Å². The number of nitrogens with one attached hydrogen (secondary N) is 2. The minimum Gasteiger partial charge on any atom is -0.348 e. The second-order valence-corrected chi connectivity index (χ2v) is 10.9. The smallest absolute Gasteiger partial charge is 0.236 e. The minimum atomic E-state index is -3.43. The third kappa shape index (κ3) is 4.86. The number of sulfonamides is 1. The summed E-state index contributed by atoms with van der Waals surface area (Å²) in [6, 6.07) is 10.4. The summed E-state index contributed by atoms with van der Waals surface area (Å²) in [6.45, 7) is 4.29. The Morgan fingerprint density at radius 1 is 1.06 bits per heavy atom. The Bertz CT molecular complexity index is 1150. The fourth-order valence-corrected chi connectivity index (χ4v) is 5.67. The number of allylic oxidation sites excluding steroid dienone is 4. The van der Waals surface area contributed by atoms with Crippen LogP contribution in [0.25, 0.3) is 0 Å². The summed E-state index contributed by atoms with van der Waals surface area (Å²) in [7, 11) is -3.43. The molecule has 3 aliphatic rings. The normalized spacial score (nSPS) is 20.9. The van der Waals surface area contributed by atoms with Gasteiger partial charge in [-0.2, -0.15) is 4.98 Å². The van der Waals surface area contributed by atoms with E-state index in [1.165, 1.54) is 11.1 Å². The zero-order valence-corrected chi connectivity index (χ0v) is 19.1. The number of fused-ring (bicyclic) bond motifs is 1. The van der Waals surface area contributed by atoms with Gasteiger partial charge >= 0.3 is 0 Å². The number of hydrogen-bond acceptors (Lipinski definition) is 6. The number of rotatable bonds is 7. The van der Waals surface area contributed by atoms with Crippen LogP contribution in [-0.4, -0.2) is 24.9 Å². The summed E-state index contributed by atoms with van der Waals surface area (Å²) >= 11 is 0. The number of anilines is 2. The zero-order valence-electron chi connectivity index (χ0n) is 18.3. The second-order valence-electron chi connectivity index (χ2n) is 9.12. The lowest BCUT2D eigenvalue weighted by Gasteiger charge is -2.18. The van der Waals surface area contributed by atoms with Gasteiger partial charge < -0.3 is 10.2 Å². The van der Waals surface area contributed by atoms with Gasteiger partial charge in [-0.15, -0.1) is 0 Å². The standard InChI is InChI=1S/C24H29N5O2S/c1-17-12-21(8-9-22(13-17)32(30,31)26-14-18-6-7-18)27-24-25-11-10-23(28-24)29-15-19-4-2-3-5-20(19)16-29/h2-5,8-11,17-18,26H,6-7,12-16H2,1H3,(H,25,27,28). The maximum atomic E-state index is 12.7. The fraction of sp³-hybridized carbons (Fsp3) is 0.417. The van der Waals surface area contributed by atoms with Crippen molar-refractivity contribution in [1.29, 1.82) is 0 Å². The Labute approximate surface area is 189 Å². The van der Waals surface area contributed by atoms with Crippen molar-refractivity contribution >= 4 is 21.8 Å². The SMILES string of the molecule is CC1CC(Nc2nccc(N3Cc4ccccc4C3)n2)=CC=C(S(=O)(=O)NCC2CC2)C1. The number of nitrogens with zero attached hydrogens (tertiary/aromatic N) is 3. The Morgan fingerprint density at radius 3 is 2.53 bits per heavy atom. The van der Waals surface area contributed by atoms with Gasteiger partial charge in [0, 0.05) is 31.5 Å². The number of aromatic nitrogens is 2. The van der Waals surface area contributed by atoms with E-state index in [1.54, 1.807) is 12.3 Å². The molecular formula is C24H29N5O2S. The zero-order chi connectivity index (χ0) is 22.1. The lowest BCUT2D eigenvalue weighted by Crippen LogP contribution is -2.27. The van der Waals surface area contributed by atoms with Gasteiger partial charge in [0.25, 0.3) is 0 Å². The third-order valence-electron chi connectivity index (χ3n) is 6.27. The van der Waals surface area contributed by atoms with Crippen molar-refractivity contribution in [3.63, 3.8) is 0 Å². The first-order valence-corrected chi connectivity index (χ1v) is 12.8. The molecule has 2 aliphatic carbocycles. The average Bonchev–Trinajstić information content (AvgIpc) is 3.54. The van der Waals surface area contributed by atoms with Crippen LogP contribution in [0.1, 0.15) is 43.7 Å². The first-order valence-electron chi connectivity index (χ1n) is 11.3. The van der Waals surface area contributed by atoms with Crippen LogP contribution in [0.5, 0.6) is 0 Å². The van der Waals surface area contributed by atoms with Crippen molar-refractivity contribution in [2.75, 3.05) is 16.8 Å². The molecule has 1 aliphatic heterocycles. The highest BCUT2D eigenvalue weighted by molar-refractivity contribution is 7.93. The van der Waals surface area contributed by atoms with Gasteiger partial charge in [-0.25, -0.2) is 18.1 Å². The minimum absolute atomic E-state index is 0.191. The molecule has 1 fully saturated rings. The van der Waals surface area contributed by atoms with Crippen LogP contribution in [0.15, 0.2) is 59.3 Å². The van der Waals surface area contributed by atoms with Crippen LogP contribution in [0.3, 0.4) is 0 Å². The van der Waals surface area contributed by atoms with Crippen LogP contribution >= 0.6 is 0 Å². The molecule has 1 atom stereocenters. The highest BCUT2D eigenvalue weighted by Gasteiger charge is 2.27. The van der Waals surface area contributed by atoms with Gasteiger partial charge in [0.1, 0.15) is 5.82 Å². The summed E-state index contributed by atoms with van der Waals surface area (Å²) in [5, 5.41) is 3.32. The van der Waals surface area contributed by atoms with Crippen molar-refractivity contribution in [3.05, 3.63) is 70.4 Å². The van der Waals surface area contributed by atoms with Crippen molar-refractivity contribution in [2.24, 2.45) is 11.8 Å². The van der Waals surface area contributed by atoms with Gasteiger partial charge in [-0.1, -0.05) is 31.2 Å². The number of benzene rings is 1. The molecule has 0 radical (unpaired) electrons. The third-order valence-corrected chi connectivity index (χ3v) is 7.81. The topological polar surface area (TPSA) is 87.2 Å². The Morgan fingerprint density at radius 2 is 1.81 bits per heavy atom. The van der Waals surface area contributed by atoms with E-state index in [9.17, 15) is 8.42 Å². The predicted octanol–water partition coefficient (Wildman–Crippen LogP) is 3.94. The molecule has 8 heteroatoms. The van der Waals surface area contributed by atoms with Crippen molar-refractivity contribution < 1.29 is 8.42 Å². The largest absolute Gasteiger partial charge is 0.348 e. The van der Waals surface area contributed by atoms with Crippen LogP contribution in [0.2, 0.25) is 0 Å². The molecule has 0 saturated heterocycles. The molecule has 2 aromatic rings. The number of hydrogen-bond donors (Lipinski definition) is 2. The molecule has 7 nitrogen and oxygen atoms in total. The molecule has 168 valence electrons. The summed E-state index contributed by atoms with van der Waals surface area (Å²) < 4.78 is 28.2. The molecule has 1 aromatic carbocycles. The highest BCUT2D eigenvalue weighted by atomic mass is 32.2. The van der Waals surface area contributed by atoms with Gasteiger partial charge in [-0.3, -0.25) is 0 Å². The second kappa shape index (κ2) is 8.67. The molecule has 2 heterocycles. The molecule has 1 aromatic heterocycles. The van der Waals surface area contributed by atoms with Crippen molar-refractivity contribution in [2.45, 2.75) is 45.7 Å². The highest BCUT2D eigenvalue weighted by Crippen LogP contribution is 2.31. The fourth-order valence-electron chi connectivity index (χ4n) is 4.28. The molecule has 5 rings (SSSR count). The van der Waals surface area contributed by atoms with Crippen LogP contribution in [0, 0.1) is 11.8 Å². The monoisotopic (exact) mass is 451 g/mol. The first-order chi connectivity index (χ1) is 15.5. The Balaban J connectivity index is 1.30. The van der Waals surface area contributed by atoms with E-state index in [4.69, 9.17) is 4.98 Å². The summed E-state index contributed by atoms with van der Waals surface area (Å²) in [5.74, 6) is 2.11. The van der Waals surface area contributed by atoms with E-state index >= 15 is 0 Å². The average molecular weight is 452 g/mol. The van der Waals surface area contributed by atoms with E-state index in [-0.39, 0.29) is 5.92 Å². The quantitative estimate of drug-likeness (QED) is 0.663. The van der Waals surface area contributed by atoms with Crippen LogP contribution in [-0.2, 0) is 23.1 Å². The van der Waals surface area contributed by atoms with E-state index in [0.717, 1.165) is 43.9 Å². The van der Waals surface area contributed by atoms with Gasteiger partial charge in [0.2, 0.25) is 16.0 Å². The first kappa shape index (κ1) is 21.2. The maximum absolute atomic E-state index is 12.7. The maximum Gasteiger partial charge on any atom is 0.236 e. The molecule has 2 N–H and O–H groups in total.